The minimum atomic E-state index is -1.22. The number of aliphatic hydroxyl groups excluding tert-OH is 1. The zero-order valence-corrected chi connectivity index (χ0v) is 20.0. The number of nitrogens with one attached hydrogen (secondary N) is 4. The third-order valence-electron chi connectivity index (χ3n) is 5.14. The van der Waals surface area contributed by atoms with Gasteiger partial charge in [0.25, 0.3) is 5.91 Å². The lowest BCUT2D eigenvalue weighted by Crippen LogP contribution is -2.42. The molecule has 192 valence electrons. The van der Waals surface area contributed by atoms with Crippen LogP contribution in [-0.4, -0.2) is 69.9 Å². The van der Waals surface area contributed by atoms with Gasteiger partial charge in [-0.25, -0.2) is 0 Å². The number of phenolic OH excluding ortho intramolecular Hbond substituents is 2. The molecule has 0 spiro atoms. The van der Waals surface area contributed by atoms with Crippen LogP contribution in [0.2, 0.25) is 5.02 Å². The van der Waals surface area contributed by atoms with Crippen molar-refractivity contribution in [3.05, 3.63) is 52.0 Å². The second-order valence-corrected chi connectivity index (χ2v) is 8.61. The number of carbonyl (C=O) groups excluding carboxylic acids is 2. The normalized spacial score (nSPS) is 15.8. The van der Waals surface area contributed by atoms with Crippen LogP contribution < -0.4 is 21.3 Å². The number of aryl methyl sites for hydroxylation is 1. The first-order valence-corrected chi connectivity index (χ1v) is 11.3. The quantitative estimate of drug-likeness (QED) is 0.249. The lowest BCUT2D eigenvalue weighted by Gasteiger charge is -2.20. The number of carbonyl (C=O) groups is 3. The van der Waals surface area contributed by atoms with Crippen LogP contribution in [0.3, 0.4) is 0 Å². The van der Waals surface area contributed by atoms with E-state index in [0.29, 0.717) is 23.8 Å². The molecule has 2 unspecified atom stereocenters. The molecule has 0 saturated heterocycles. The smallest absolute Gasteiger partial charge is 0.305 e. The van der Waals surface area contributed by atoms with Crippen molar-refractivity contribution in [2.45, 2.75) is 25.5 Å². The molecule has 0 bridgehead atoms. The molecular weight excluding hydrogens is 494 g/mol. The molecule has 0 saturated carbocycles. The largest absolute Gasteiger partial charge is 0.508 e. The first-order chi connectivity index (χ1) is 17.0. The molecule has 36 heavy (non-hydrogen) atoms. The van der Waals surface area contributed by atoms with Gasteiger partial charge in [0.15, 0.2) is 5.96 Å². The number of benzene rings is 2. The topological polar surface area (TPSA) is 193 Å². The Balaban J connectivity index is 1.66. The number of rotatable bonds is 8. The van der Waals surface area contributed by atoms with Gasteiger partial charge in [0.1, 0.15) is 11.5 Å². The van der Waals surface area contributed by atoms with E-state index in [0.717, 1.165) is 0 Å². The number of aliphatic hydroxyl groups is 1. The van der Waals surface area contributed by atoms with E-state index >= 15 is 0 Å². The highest BCUT2D eigenvalue weighted by Crippen LogP contribution is 2.34. The number of aliphatic carboxylic acids is 1. The zero-order valence-electron chi connectivity index (χ0n) is 19.2. The molecule has 8 N–H and O–H groups in total. The van der Waals surface area contributed by atoms with Crippen LogP contribution in [0.15, 0.2) is 35.3 Å². The molecule has 0 fully saturated rings. The summed E-state index contributed by atoms with van der Waals surface area (Å²) in [5.74, 6) is -2.78. The molecule has 3 rings (SSSR count). The average molecular weight is 520 g/mol. The standard InChI is InChI=1S/C23H26ClN5O7/c1-11-2-16(21(35)17(24)3-11)18(7-20(33)34)29-19(32)10-25-22(36)12-4-13(6-14(30)5-12)28-23-26-8-15(31)9-27-23/h2-6,15,18,30-31,35H,7-10H2,1H3,(H,25,36)(H,29,32)(H,33,34)(H2,26,27,28). The van der Waals surface area contributed by atoms with Crippen molar-refractivity contribution in [2.24, 2.45) is 4.99 Å². The van der Waals surface area contributed by atoms with Gasteiger partial charge in [-0.05, 0) is 30.7 Å². The highest BCUT2D eigenvalue weighted by molar-refractivity contribution is 6.32. The first-order valence-electron chi connectivity index (χ1n) is 10.9. The van der Waals surface area contributed by atoms with Gasteiger partial charge in [-0.1, -0.05) is 17.7 Å². The van der Waals surface area contributed by atoms with Crippen molar-refractivity contribution in [1.82, 2.24) is 16.0 Å². The number of guanidine groups is 1. The van der Waals surface area contributed by atoms with Crippen molar-refractivity contribution < 1.29 is 34.8 Å². The van der Waals surface area contributed by atoms with Crippen LogP contribution in [-0.2, 0) is 9.59 Å². The van der Waals surface area contributed by atoms with Gasteiger partial charge in [-0.2, -0.15) is 0 Å². The molecule has 0 radical (unpaired) electrons. The zero-order chi connectivity index (χ0) is 26.4. The van der Waals surface area contributed by atoms with Crippen molar-refractivity contribution in [2.75, 3.05) is 25.0 Å². The summed E-state index contributed by atoms with van der Waals surface area (Å²) in [6.07, 6.45) is -1.13. The Bertz CT molecular complexity index is 1200. The van der Waals surface area contributed by atoms with Gasteiger partial charge in [0, 0.05) is 29.4 Å². The number of β-amino-alcohol motifs (C(OH)–C–C–N with tert-alkyl or cyclic N) is 1. The van der Waals surface area contributed by atoms with E-state index in [1.807, 2.05) is 0 Å². The van der Waals surface area contributed by atoms with Crippen molar-refractivity contribution >= 4 is 41.0 Å². The second-order valence-electron chi connectivity index (χ2n) is 8.20. The number of carboxylic acids is 1. The lowest BCUT2D eigenvalue weighted by molar-refractivity contribution is -0.137. The third kappa shape index (κ3) is 7.23. The Labute approximate surface area is 211 Å². The number of amides is 2. The number of nitrogens with zero attached hydrogens (tertiary/aromatic N) is 1. The Hall–Kier alpha value is -4.03. The van der Waals surface area contributed by atoms with Crippen molar-refractivity contribution in [3.8, 4) is 11.5 Å². The summed E-state index contributed by atoms with van der Waals surface area (Å²) in [7, 11) is 0. The molecule has 2 atom stereocenters. The number of halogens is 1. The molecule has 2 amide bonds. The van der Waals surface area contributed by atoms with Gasteiger partial charge in [0.05, 0.1) is 36.7 Å². The van der Waals surface area contributed by atoms with Gasteiger partial charge < -0.3 is 41.7 Å². The molecule has 1 heterocycles. The molecular formula is C23H26ClN5O7. The Kier molecular flexibility index (Phi) is 8.56. The molecule has 1 aliphatic heterocycles. The van der Waals surface area contributed by atoms with Crippen LogP contribution in [0.25, 0.3) is 0 Å². The average Bonchev–Trinajstić information content (AvgIpc) is 2.80. The SMILES string of the molecule is Cc1cc(Cl)c(O)c(C(CC(=O)O)NC(=O)CNC(=O)c2cc(O)cc(NC3=NCC(O)CN3)c2)c1. The minimum absolute atomic E-state index is 0.0156. The molecule has 2 aromatic rings. The van der Waals surface area contributed by atoms with Gasteiger partial charge in [-0.3, -0.25) is 19.4 Å². The highest BCUT2D eigenvalue weighted by Gasteiger charge is 2.23. The summed E-state index contributed by atoms with van der Waals surface area (Å²) in [6, 6.07) is 5.93. The number of aromatic hydroxyl groups is 2. The maximum absolute atomic E-state index is 12.6. The van der Waals surface area contributed by atoms with Crippen LogP contribution >= 0.6 is 11.6 Å². The van der Waals surface area contributed by atoms with E-state index in [-0.39, 0.29) is 34.2 Å². The fourth-order valence-electron chi connectivity index (χ4n) is 3.51. The first kappa shape index (κ1) is 26.6. The van der Waals surface area contributed by atoms with Crippen LogP contribution in [0.5, 0.6) is 11.5 Å². The second kappa shape index (κ2) is 11.6. The Morgan fingerprint density at radius 3 is 2.61 bits per heavy atom. The lowest BCUT2D eigenvalue weighted by atomic mass is 10.00. The van der Waals surface area contributed by atoms with E-state index in [9.17, 15) is 34.8 Å². The van der Waals surface area contributed by atoms with E-state index in [4.69, 9.17) is 11.6 Å². The van der Waals surface area contributed by atoms with E-state index in [1.54, 1.807) is 6.92 Å². The fraction of sp³-hybridized carbons (Fsp3) is 0.304. The van der Waals surface area contributed by atoms with Crippen molar-refractivity contribution in [3.63, 3.8) is 0 Å². The minimum Gasteiger partial charge on any atom is -0.508 e. The number of anilines is 1. The number of hydrogen-bond acceptors (Lipinski definition) is 9. The molecule has 0 aromatic heterocycles. The van der Waals surface area contributed by atoms with Crippen LogP contribution in [0.1, 0.15) is 33.9 Å². The van der Waals surface area contributed by atoms with Gasteiger partial charge in [-0.15, -0.1) is 0 Å². The van der Waals surface area contributed by atoms with Crippen LogP contribution in [0, 0.1) is 6.92 Å². The molecule has 1 aliphatic rings. The number of hydrogen-bond donors (Lipinski definition) is 8. The van der Waals surface area contributed by atoms with E-state index in [1.165, 1.54) is 30.3 Å². The van der Waals surface area contributed by atoms with Crippen LogP contribution in [0.4, 0.5) is 5.69 Å². The maximum Gasteiger partial charge on any atom is 0.305 e. The number of phenols is 2. The Morgan fingerprint density at radius 2 is 1.94 bits per heavy atom. The summed E-state index contributed by atoms with van der Waals surface area (Å²) in [5.41, 5.74) is 1.19. The molecule has 2 aromatic carbocycles. The van der Waals surface area contributed by atoms with E-state index in [2.05, 4.69) is 26.3 Å². The summed E-state index contributed by atoms with van der Waals surface area (Å²) < 4.78 is 0. The van der Waals surface area contributed by atoms with Gasteiger partial charge >= 0.3 is 5.97 Å². The number of carboxylic acid groups (broad SMARTS) is 1. The predicted octanol–water partition coefficient (Wildman–Crippen LogP) is 0.854. The molecule has 13 heteroatoms. The van der Waals surface area contributed by atoms with Gasteiger partial charge in [0.2, 0.25) is 5.91 Å². The number of aliphatic imine (C=N–C) groups is 1. The summed E-state index contributed by atoms with van der Waals surface area (Å²) in [4.78, 5) is 40.5. The van der Waals surface area contributed by atoms with E-state index < -0.39 is 42.9 Å². The third-order valence-corrected chi connectivity index (χ3v) is 5.43. The Morgan fingerprint density at radius 1 is 1.19 bits per heavy atom. The monoisotopic (exact) mass is 519 g/mol. The predicted molar refractivity (Wildman–Crippen MR) is 131 cm³/mol. The fourth-order valence-corrected chi connectivity index (χ4v) is 3.80. The molecule has 0 aliphatic carbocycles. The highest BCUT2D eigenvalue weighted by atomic mass is 35.5. The van der Waals surface area contributed by atoms with Crippen molar-refractivity contribution in [1.29, 1.82) is 0 Å². The maximum atomic E-state index is 12.6. The summed E-state index contributed by atoms with van der Waals surface area (Å²) in [5, 5.41) is 49.7. The summed E-state index contributed by atoms with van der Waals surface area (Å²) >= 11 is 5.99. The summed E-state index contributed by atoms with van der Waals surface area (Å²) in [6.45, 7) is 1.70. The molecule has 12 nitrogen and oxygen atoms in total.